The van der Waals surface area contributed by atoms with Gasteiger partial charge in [-0.05, 0) is 47.7 Å². The van der Waals surface area contributed by atoms with Crippen molar-refractivity contribution in [1.82, 2.24) is 14.7 Å². The number of aliphatic imine (C=N–C) groups is 1. The standard InChI is InChI=1S/C26H28Cl2N4O/c1-2-18-4-6-19(7-5-18)16-32-25(33)23-17-30(15-20-12-21(27)14-22(28)13-20)11-8-24(23)31-10-3-9-29-26(31)32/h4-7,12-14H,2-3,8-11,15-17H2,1H3. The molecule has 1 amide bonds. The highest BCUT2D eigenvalue weighted by molar-refractivity contribution is 6.34. The van der Waals surface area contributed by atoms with E-state index in [0.29, 0.717) is 29.7 Å². The second kappa shape index (κ2) is 9.49. The Morgan fingerprint density at radius 1 is 0.939 bits per heavy atom. The highest BCUT2D eigenvalue weighted by Gasteiger charge is 2.40. The zero-order valence-electron chi connectivity index (χ0n) is 18.9. The summed E-state index contributed by atoms with van der Waals surface area (Å²) in [6, 6.07) is 14.2. The molecule has 3 aliphatic rings. The molecule has 3 heterocycles. The van der Waals surface area contributed by atoms with E-state index in [-0.39, 0.29) is 5.91 Å². The normalized spacial score (nSPS) is 18.9. The monoisotopic (exact) mass is 482 g/mol. The summed E-state index contributed by atoms with van der Waals surface area (Å²) in [4.78, 5) is 25.0. The van der Waals surface area contributed by atoms with Crippen LogP contribution in [0.1, 0.15) is 36.5 Å². The molecule has 0 bridgehead atoms. The number of hydrogen-bond donors (Lipinski definition) is 0. The van der Waals surface area contributed by atoms with Crippen molar-refractivity contribution in [3.63, 3.8) is 0 Å². The topological polar surface area (TPSA) is 39.2 Å². The minimum atomic E-state index is 0.0790. The predicted molar refractivity (Wildman–Crippen MR) is 133 cm³/mol. The first-order chi connectivity index (χ1) is 16.0. The van der Waals surface area contributed by atoms with E-state index < -0.39 is 0 Å². The summed E-state index contributed by atoms with van der Waals surface area (Å²) in [6.45, 7) is 6.60. The summed E-state index contributed by atoms with van der Waals surface area (Å²) >= 11 is 12.4. The first-order valence-electron chi connectivity index (χ1n) is 11.6. The molecular weight excluding hydrogens is 455 g/mol. The number of fused-ring (bicyclic) bond motifs is 2. The van der Waals surface area contributed by atoms with E-state index in [0.717, 1.165) is 67.3 Å². The fourth-order valence-electron chi connectivity index (χ4n) is 4.93. The molecule has 0 aromatic heterocycles. The summed E-state index contributed by atoms with van der Waals surface area (Å²) in [6.07, 6.45) is 2.86. The number of halogens is 2. The van der Waals surface area contributed by atoms with Gasteiger partial charge >= 0.3 is 0 Å². The van der Waals surface area contributed by atoms with Gasteiger partial charge < -0.3 is 4.90 Å². The molecule has 33 heavy (non-hydrogen) atoms. The van der Waals surface area contributed by atoms with Gasteiger partial charge in [-0.15, -0.1) is 0 Å². The Morgan fingerprint density at radius 3 is 2.39 bits per heavy atom. The lowest BCUT2D eigenvalue weighted by molar-refractivity contribution is -0.125. The van der Waals surface area contributed by atoms with Crippen molar-refractivity contribution >= 4 is 35.1 Å². The molecule has 7 heteroatoms. The summed E-state index contributed by atoms with van der Waals surface area (Å²) < 4.78 is 0. The summed E-state index contributed by atoms with van der Waals surface area (Å²) in [5.41, 5.74) is 5.53. The van der Waals surface area contributed by atoms with Gasteiger partial charge in [0.1, 0.15) is 0 Å². The third-order valence-corrected chi connectivity index (χ3v) is 7.04. The lowest BCUT2D eigenvalue weighted by atomic mass is 9.99. The van der Waals surface area contributed by atoms with Crippen LogP contribution in [-0.4, -0.2) is 52.7 Å². The largest absolute Gasteiger partial charge is 0.315 e. The summed E-state index contributed by atoms with van der Waals surface area (Å²) in [7, 11) is 0. The van der Waals surface area contributed by atoms with E-state index in [1.165, 1.54) is 5.56 Å². The Labute approximate surface area is 205 Å². The fraction of sp³-hybridized carbons (Fsp3) is 0.385. The summed E-state index contributed by atoms with van der Waals surface area (Å²) in [5.74, 6) is 0.898. The molecule has 0 saturated carbocycles. The van der Waals surface area contributed by atoms with Gasteiger partial charge in [-0.25, -0.2) is 0 Å². The Morgan fingerprint density at radius 2 is 1.67 bits per heavy atom. The lowest BCUT2D eigenvalue weighted by Crippen LogP contribution is -2.56. The molecule has 0 N–H and O–H groups in total. The van der Waals surface area contributed by atoms with E-state index in [1.807, 2.05) is 17.0 Å². The van der Waals surface area contributed by atoms with Crippen LogP contribution in [-0.2, 0) is 24.3 Å². The maximum Gasteiger partial charge on any atom is 0.259 e. The van der Waals surface area contributed by atoms with Crippen molar-refractivity contribution < 1.29 is 4.79 Å². The van der Waals surface area contributed by atoms with Crippen LogP contribution < -0.4 is 0 Å². The zero-order valence-corrected chi connectivity index (χ0v) is 20.4. The van der Waals surface area contributed by atoms with E-state index in [1.54, 1.807) is 6.07 Å². The Bertz CT molecular complexity index is 1110. The van der Waals surface area contributed by atoms with Crippen molar-refractivity contribution in [2.75, 3.05) is 26.2 Å². The quantitative estimate of drug-likeness (QED) is 0.593. The third-order valence-electron chi connectivity index (χ3n) is 6.60. The fourth-order valence-corrected chi connectivity index (χ4v) is 5.50. The van der Waals surface area contributed by atoms with Gasteiger partial charge in [0.2, 0.25) is 5.96 Å². The van der Waals surface area contributed by atoms with E-state index >= 15 is 0 Å². The predicted octanol–water partition coefficient (Wildman–Crippen LogP) is 5.12. The third kappa shape index (κ3) is 4.68. The molecule has 3 aliphatic heterocycles. The second-order valence-electron chi connectivity index (χ2n) is 8.91. The van der Waals surface area contributed by atoms with Crippen molar-refractivity contribution in [3.8, 4) is 0 Å². The van der Waals surface area contributed by atoms with E-state index in [4.69, 9.17) is 28.2 Å². The second-order valence-corrected chi connectivity index (χ2v) is 9.78. The minimum absolute atomic E-state index is 0.0790. The average Bonchev–Trinajstić information content (AvgIpc) is 2.81. The molecule has 0 unspecified atom stereocenters. The van der Waals surface area contributed by atoms with Gasteiger partial charge in [-0.1, -0.05) is 54.4 Å². The average molecular weight is 483 g/mol. The van der Waals surface area contributed by atoms with Crippen LogP contribution in [0.2, 0.25) is 10.0 Å². The van der Waals surface area contributed by atoms with E-state index in [9.17, 15) is 4.79 Å². The number of rotatable bonds is 5. The van der Waals surface area contributed by atoms with Crippen LogP contribution in [0, 0.1) is 0 Å². The molecule has 5 nitrogen and oxygen atoms in total. The number of nitrogens with zero attached hydrogens (tertiary/aromatic N) is 4. The molecule has 0 fully saturated rings. The number of benzene rings is 2. The van der Waals surface area contributed by atoms with Crippen LogP contribution in [0.15, 0.2) is 58.7 Å². The van der Waals surface area contributed by atoms with Gasteiger partial charge in [0.25, 0.3) is 5.91 Å². The van der Waals surface area contributed by atoms with Gasteiger partial charge in [-0.3, -0.25) is 19.6 Å². The van der Waals surface area contributed by atoms with Crippen molar-refractivity contribution in [3.05, 3.63) is 80.5 Å². The van der Waals surface area contributed by atoms with Crippen molar-refractivity contribution in [2.45, 2.75) is 39.3 Å². The molecular formula is C26H28Cl2N4O. The van der Waals surface area contributed by atoms with Gasteiger partial charge in [0.15, 0.2) is 0 Å². The first kappa shape index (κ1) is 22.5. The zero-order chi connectivity index (χ0) is 22.9. The lowest BCUT2D eigenvalue weighted by Gasteiger charge is -2.45. The molecule has 0 atom stereocenters. The van der Waals surface area contributed by atoms with Crippen LogP contribution in [0.4, 0.5) is 0 Å². The number of hydrogen-bond acceptors (Lipinski definition) is 4. The number of guanidine groups is 1. The van der Waals surface area contributed by atoms with Gasteiger partial charge in [0.05, 0.1) is 12.1 Å². The Kier molecular flexibility index (Phi) is 6.46. The highest BCUT2D eigenvalue weighted by atomic mass is 35.5. The molecule has 0 aliphatic carbocycles. The molecule has 0 saturated heterocycles. The summed E-state index contributed by atoms with van der Waals surface area (Å²) in [5, 5.41) is 1.27. The first-order valence-corrected chi connectivity index (χ1v) is 12.4. The molecule has 5 rings (SSSR count). The van der Waals surface area contributed by atoms with Crippen molar-refractivity contribution in [1.29, 1.82) is 0 Å². The van der Waals surface area contributed by atoms with Crippen LogP contribution in [0.25, 0.3) is 0 Å². The number of aryl methyl sites for hydroxylation is 1. The minimum Gasteiger partial charge on any atom is -0.315 e. The maximum absolute atomic E-state index is 13.7. The van der Waals surface area contributed by atoms with Gasteiger partial charge in [-0.2, -0.15) is 0 Å². The number of amides is 1. The Balaban J connectivity index is 1.40. The molecule has 0 spiro atoms. The molecule has 172 valence electrons. The SMILES string of the molecule is CCc1ccc(CN2C(=O)C3=C(CCN(Cc4cc(Cl)cc(Cl)c4)C3)N3CCCN=C23)cc1. The van der Waals surface area contributed by atoms with Crippen LogP contribution >= 0.6 is 23.2 Å². The van der Waals surface area contributed by atoms with Crippen molar-refractivity contribution in [2.24, 2.45) is 4.99 Å². The highest BCUT2D eigenvalue weighted by Crippen LogP contribution is 2.32. The van der Waals surface area contributed by atoms with Crippen LogP contribution in [0.5, 0.6) is 0 Å². The molecule has 0 radical (unpaired) electrons. The number of carbonyl (C=O) groups excluding carboxylic acids is 1. The number of carbonyl (C=O) groups is 1. The van der Waals surface area contributed by atoms with E-state index in [2.05, 4.69) is 41.0 Å². The van der Waals surface area contributed by atoms with Crippen LogP contribution in [0.3, 0.4) is 0 Å². The smallest absolute Gasteiger partial charge is 0.259 e. The van der Waals surface area contributed by atoms with Gasteiger partial charge in [0, 0.05) is 54.9 Å². The molecule has 2 aromatic rings. The Hall–Kier alpha value is -2.34. The molecule has 2 aromatic carbocycles. The maximum atomic E-state index is 13.7.